The SMILES string of the molecule is Nc1cc(N2CCOC3CCCC32)ccc1[N+](=O)[O-]. The smallest absolute Gasteiger partial charge is 0.292 e. The number of hydrogen-bond acceptors (Lipinski definition) is 5. The van der Waals surface area contributed by atoms with Crippen LogP contribution in [0.25, 0.3) is 0 Å². The lowest BCUT2D eigenvalue weighted by Gasteiger charge is -2.39. The first kappa shape index (κ1) is 12.2. The number of hydrogen-bond donors (Lipinski definition) is 1. The zero-order chi connectivity index (χ0) is 13.4. The Kier molecular flexibility index (Phi) is 3.02. The van der Waals surface area contributed by atoms with Gasteiger partial charge < -0.3 is 15.4 Å². The van der Waals surface area contributed by atoms with E-state index in [-0.39, 0.29) is 11.4 Å². The highest BCUT2D eigenvalue weighted by atomic mass is 16.6. The van der Waals surface area contributed by atoms with Crippen molar-refractivity contribution >= 4 is 17.1 Å². The molecule has 2 unspecified atom stereocenters. The number of rotatable bonds is 2. The van der Waals surface area contributed by atoms with Gasteiger partial charge in [-0.05, 0) is 31.4 Å². The van der Waals surface area contributed by atoms with Crippen LogP contribution < -0.4 is 10.6 Å². The molecule has 1 heterocycles. The highest BCUT2D eigenvalue weighted by molar-refractivity contribution is 5.67. The molecular weight excluding hydrogens is 246 g/mol. The fraction of sp³-hybridized carbons (Fsp3) is 0.538. The molecule has 102 valence electrons. The van der Waals surface area contributed by atoms with Gasteiger partial charge in [0.1, 0.15) is 5.69 Å². The number of nitrogen functional groups attached to an aromatic ring is 1. The Morgan fingerprint density at radius 1 is 1.42 bits per heavy atom. The zero-order valence-electron chi connectivity index (χ0n) is 10.6. The predicted molar refractivity (Wildman–Crippen MR) is 72.2 cm³/mol. The van der Waals surface area contributed by atoms with E-state index in [1.165, 1.54) is 12.5 Å². The lowest BCUT2D eigenvalue weighted by molar-refractivity contribution is -0.383. The third-order valence-corrected chi connectivity index (χ3v) is 4.02. The average molecular weight is 263 g/mol. The quantitative estimate of drug-likeness (QED) is 0.501. The summed E-state index contributed by atoms with van der Waals surface area (Å²) in [7, 11) is 0. The summed E-state index contributed by atoms with van der Waals surface area (Å²) in [6.45, 7) is 1.52. The maximum atomic E-state index is 10.8. The van der Waals surface area contributed by atoms with Gasteiger partial charge in [0.25, 0.3) is 5.69 Å². The number of nitrogens with two attached hydrogens (primary N) is 1. The van der Waals surface area contributed by atoms with E-state index >= 15 is 0 Å². The molecule has 2 N–H and O–H groups in total. The molecule has 1 aromatic carbocycles. The molecule has 0 spiro atoms. The lowest BCUT2D eigenvalue weighted by atomic mass is 10.1. The first-order valence-corrected chi connectivity index (χ1v) is 6.59. The number of nitro benzene ring substituents is 1. The van der Waals surface area contributed by atoms with Gasteiger partial charge >= 0.3 is 0 Å². The van der Waals surface area contributed by atoms with Crippen molar-refractivity contribution in [3.05, 3.63) is 28.3 Å². The van der Waals surface area contributed by atoms with Gasteiger partial charge in [-0.15, -0.1) is 0 Å². The minimum Gasteiger partial charge on any atom is -0.393 e. The molecule has 1 aromatic rings. The summed E-state index contributed by atoms with van der Waals surface area (Å²) in [5.74, 6) is 0. The van der Waals surface area contributed by atoms with Gasteiger partial charge in [-0.1, -0.05) is 0 Å². The van der Waals surface area contributed by atoms with Crippen LogP contribution in [0.15, 0.2) is 18.2 Å². The van der Waals surface area contributed by atoms with Crippen molar-refractivity contribution in [2.45, 2.75) is 31.4 Å². The molecule has 2 aliphatic rings. The van der Waals surface area contributed by atoms with E-state index in [2.05, 4.69) is 4.90 Å². The van der Waals surface area contributed by atoms with Crippen LogP contribution in [0.3, 0.4) is 0 Å². The molecule has 2 fully saturated rings. The second-order valence-electron chi connectivity index (χ2n) is 5.10. The molecule has 0 amide bonds. The summed E-state index contributed by atoms with van der Waals surface area (Å²) in [4.78, 5) is 12.6. The first-order chi connectivity index (χ1) is 9.16. The second-order valence-corrected chi connectivity index (χ2v) is 5.10. The van der Waals surface area contributed by atoms with Crippen LogP contribution in [0.5, 0.6) is 0 Å². The van der Waals surface area contributed by atoms with Crippen molar-refractivity contribution in [2.75, 3.05) is 23.8 Å². The van der Waals surface area contributed by atoms with E-state index in [1.807, 2.05) is 0 Å². The van der Waals surface area contributed by atoms with Crippen LogP contribution >= 0.6 is 0 Å². The van der Waals surface area contributed by atoms with E-state index in [0.29, 0.717) is 18.8 Å². The van der Waals surface area contributed by atoms with Crippen LogP contribution in [0, 0.1) is 10.1 Å². The summed E-state index contributed by atoms with van der Waals surface area (Å²) < 4.78 is 5.76. The summed E-state index contributed by atoms with van der Waals surface area (Å²) in [5, 5.41) is 10.8. The Labute approximate surface area is 111 Å². The number of nitrogens with zero attached hydrogens (tertiary/aromatic N) is 2. The molecule has 0 radical (unpaired) electrons. The van der Waals surface area contributed by atoms with Crippen LogP contribution in [0.4, 0.5) is 17.1 Å². The highest BCUT2D eigenvalue weighted by Gasteiger charge is 2.36. The molecule has 3 rings (SSSR count). The molecular formula is C13H17N3O3. The number of morpholine rings is 1. The van der Waals surface area contributed by atoms with Gasteiger partial charge in [-0.2, -0.15) is 0 Å². The number of ether oxygens (including phenoxy) is 1. The largest absolute Gasteiger partial charge is 0.393 e. The maximum Gasteiger partial charge on any atom is 0.292 e. The molecule has 6 nitrogen and oxygen atoms in total. The molecule has 2 atom stereocenters. The van der Waals surface area contributed by atoms with Gasteiger partial charge in [0.05, 0.1) is 23.7 Å². The van der Waals surface area contributed by atoms with Gasteiger partial charge in [0.2, 0.25) is 0 Å². The van der Waals surface area contributed by atoms with Crippen molar-refractivity contribution in [3.8, 4) is 0 Å². The van der Waals surface area contributed by atoms with E-state index in [9.17, 15) is 10.1 Å². The Morgan fingerprint density at radius 2 is 2.26 bits per heavy atom. The second kappa shape index (κ2) is 4.70. The van der Waals surface area contributed by atoms with E-state index in [0.717, 1.165) is 25.1 Å². The van der Waals surface area contributed by atoms with E-state index in [1.54, 1.807) is 12.1 Å². The normalized spacial score (nSPS) is 26.2. The summed E-state index contributed by atoms with van der Waals surface area (Å²) >= 11 is 0. The molecule has 6 heteroatoms. The fourth-order valence-electron chi connectivity index (χ4n) is 3.13. The third kappa shape index (κ3) is 2.12. The number of benzene rings is 1. The molecule has 1 aliphatic heterocycles. The fourth-order valence-corrected chi connectivity index (χ4v) is 3.13. The van der Waals surface area contributed by atoms with E-state index < -0.39 is 4.92 Å². The topological polar surface area (TPSA) is 81.6 Å². The predicted octanol–water partition coefficient (Wildman–Crippen LogP) is 1.93. The standard InChI is InChI=1S/C13H17N3O3/c14-10-8-9(4-5-11(10)16(17)18)15-6-7-19-13-3-1-2-12(13)15/h4-5,8,12-13H,1-3,6-7,14H2. The summed E-state index contributed by atoms with van der Waals surface area (Å²) in [6, 6.07) is 5.37. The van der Waals surface area contributed by atoms with Crippen molar-refractivity contribution < 1.29 is 9.66 Å². The van der Waals surface area contributed by atoms with Crippen molar-refractivity contribution in [1.82, 2.24) is 0 Å². The van der Waals surface area contributed by atoms with Gasteiger partial charge in [-0.25, -0.2) is 0 Å². The first-order valence-electron chi connectivity index (χ1n) is 6.59. The minimum atomic E-state index is -0.448. The number of fused-ring (bicyclic) bond motifs is 1. The minimum absolute atomic E-state index is 0.0278. The monoisotopic (exact) mass is 263 g/mol. The average Bonchev–Trinajstić information content (AvgIpc) is 2.86. The molecule has 1 saturated carbocycles. The maximum absolute atomic E-state index is 10.8. The van der Waals surface area contributed by atoms with Crippen molar-refractivity contribution in [3.63, 3.8) is 0 Å². The molecule has 1 aliphatic carbocycles. The highest BCUT2D eigenvalue weighted by Crippen LogP contribution is 2.35. The van der Waals surface area contributed by atoms with Crippen LogP contribution in [0.1, 0.15) is 19.3 Å². The zero-order valence-corrected chi connectivity index (χ0v) is 10.6. The number of anilines is 2. The molecule has 1 saturated heterocycles. The van der Waals surface area contributed by atoms with Gasteiger partial charge in [0.15, 0.2) is 0 Å². The molecule has 0 bridgehead atoms. The Hall–Kier alpha value is -1.82. The molecule has 0 aromatic heterocycles. The Bertz CT molecular complexity index is 506. The van der Waals surface area contributed by atoms with Crippen molar-refractivity contribution in [2.24, 2.45) is 0 Å². The van der Waals surface area contributed by atoms with Crippen molar-refractivity contribution in [1.29, 1.82) is 0 Å². The molecule has 19 heavy (non-hydrogen) atoms. The number of nitro groups is 1. The van der Waals surface area contributed by atoms with Crippen LogP contribution in [0.2, 0.25) is 0 Å². The Morgan fingerprint density at radius 3 is 3.00 bits per heavy atom. The summed E-state index contributed by atoms with van der Waals surface area (Å²) in [6.07, 6.45) is 3.68. The van der Waals surface area contributed by atoms with Crippen LogP contribution in [-0.2, 0) is 4.74 Å². The lowest BCUT2D eigenvalue weighted by Crippen LogP contribution is -2.48. The third-order valence-electron chi connectivity index (χ3n) is 4.02. The van der Waals surface area contributed by atoms with Gasteiger partial charge in [0, 0.05) is 18.3 Å². The van der Waals surface area contributed by atoms with Gasteiger partial charge in [-0.3, -0.25) is 10.1 Å². The Balaban J connectivity index is 1.89. The van der Waals surface area contributed by atoms with E-state index in [4.69, 9.17) is 10.5 Å². The van der Waals surface area contributed by atoms with Crippen LogP contribution in [-0.4, -0.2) is 30.2 Å². The summed E-state index contributed by atoms with van der Waals surface area (Å²) in [5.41, 5.74) is 6.93.